The molecule has 3 aliphatic heterocycles. The Labute approximate surface area is 189 Å². The Morgan fingerprint density at radius 2 is 1.66 bits per heavy atom. The molecule has 2 aromatic carbocycles. The second-order valence-corrected chi connectivity index (χ2v) is 10.7. The molecule has 0 aromatic heterocycles. The summed E-state index contributed by atoms with van der Waals surface area (Å²) in [6.45, 7) is 4.53. The molecule has 8 heteroatoms. The molecule has 1 atom stereocenters. The van der Waals surface area contributed by atoms with Gasteiger partial charge in [-0.05, 0) is 48.4 Å². The number of nitrogens with zero attached hydrogens (tertiary/aromatic N) is 2. The fraction of sp³-hybridized carbons (Fsp3) is 0.458. The van der Waals surface area contributed by atoms with E-state index >= 15 is 0 Å². The molecular weight excluding hydrogens is 428 g/mol. The lowest BCUT2D eigenvalue weighted by molar-refractivity contribution is -0.137. The fourth-order valence-electron chi connectivity index (χ4n) is 4.72. The summed E-state index contributed by atoms with van der Waals surface area (Å²) in [6, 6.07) is 11.7. The summed E-state index contributed by atoms with van der Waals surface area (Å²) in [4.78, 5) is 15.5. The molecule has 0 radical (unpaired) electrons. The Bertz CT molecular complexity index is 1120. The molecule has 0 N–H and O–H groups in total. The number of ether oxygens (including phenoxy) is 2. The van der Waals surface area contributed by atoms with E-state index in [1.54, 1.807) is 6.07 Å². The zero-order chi connectivity index (χ0) is 22.3. The SMILES string of the molecule is CC1CCN(C(=O)[C@H]2Cc3ccccc3CN2S(=O)(=O)c2ccc3c(c2)OCCO3)CC1. The van der Waals surface area contributed by atoms with Gasteiger partial charge in [0, 0.05) is 25.7 Å². The highest BCUT2D eigenvalue weighted by atomic mass is 32.2. The number of piperidine rings is 1. The third-order valence-electron chi connectivity index (χ3n) is 6.71. The molecule has 5 rings (SSSR count). The van der Waals surface area contributed by atoms with Crippen molar-refractivity contribution in [1.29, 1.82) is 0 Å². The fourth-order valence-corrected chi connectivity index (χ4v) is 6.30. The molecule has 170 valence electrons. The average Bonchev–Trinajstić information content (AvgIpc) is 2.83. The minimum atomic E-state index is -3.93. The number of carbonyl (C=O) groups is 1. The van der Waals surface area contributed by atoms with Gasteiger partial charge < -0.3 is 14.4 Å². The number of hydrogen-bond donors (Lipinski definition) is 0. The lowest BCUT2D eigenvalue weighted by Crippen LogP contribution is -2.54. The Hall–Kier alpha value is -2.58. The van der Waals surface area contributed by atoms with Crippen LogP contribution in [0.3, 0.4) is 0 Å². The van der Waals surface area contributed by atoms with Crippen LogP contribution in [0.15, 0.2) is 47.4 Å². The van der Waals surface area contributed by atoms with Crippen molar-refractivity contribution in [2.45, 2.75) is 43.7 Å². The molecule has 7 nitrogen and oxygen atoms in total. The van der Waals surface area contributed by atoms with Crippen LogP contribution in [0.5, 0.6) is 11.5 Å². The average molecular weight is 457 g/mol. The quantitative estimate of drug-likeness (QED) is 0.710. The van der Waals surface area contributed by atoms with Crippen molar-refractivity contribution in [1.82, 2.24) is 9.21 Å². The van der Waals surface area contributed by atoms with Gasteiger partial charge in [-0.1, -0.05) is 31.2 Å². The van der Waals surface area contributed by atoms with Gasteiger partial charge in [-0.25, -0.2) is 8.42 Å². The first kappa shape index (κ1) is 21.3. The predicted octanol–water partition coefficient (Wildman–Crippen LogP) is 2.83. The van der Waals surface area contributed by atoms with Crippen molar-refractivity contribution in [2.75, 3.05) is 26.3 Å². The van der Waals surface area contributed by atoms with Crippen LogP contribution >= 0.6 is 0 Å². The van der Waals surface area contributed by atoms with E-state index in [0.29, 0.717) is 50.1 Å². The first-order chi connectivity index (χ1) is 15.4. The molecule has 0 saturated carbocycles. The van der Waals surface area contributed by atoms with Crippen LogP contribution in [0.25, 0.3) is 0 Å². The van der Waals surface area contributed by atoms with E-state index in [1.807, 2.05) is 29.2 Å². The molecule has 32 heavy (non-hydrogen) atoms. The van der Waals surface area contributed by atoms with Gasteiger partial charge in [0.15, 0.2) is 11.5 Å². The van der Waals surface area contributed by atoms with Gasteiger partial charge in [0.1, 0.15) is 19.3 Å². The summed E-state index contributed by atoms with van der Waals surface area (Å²) < 4.78 is 40.1. The van der Waals surface area contributed by atoms with E-state index in [2.05, 4.69) is 6.92 Å². The normalized spacial score (nSPS) is 21.8. The van der Waals surface area contributed by atoms with Crippen molar-refractivity contribution < 1.29 is 22.7 Å². The number of benzene rings is 2. The van der Waals surface area contributed by atoms with Gasteiger partial charge in [-0.3, -0.25) is 4.79 Å². The van der Waals surface area contributed by atoms with Crippen molar-refractivity contribution >= 4 is 15.9 Å². The van der Waals surface area contributed by atoms with Crippen LogP contribution in [-0.2, 0) is 27.8 Å². The van der Waals surface area contributed by atoms with Gasteiger partial charge >= 0.3 is 0 Å². The highest BCUT2D eigenvalue weighted by Crippen LogP contribution is 2.36. The van der Waals surface area contributed by atoms with Crippen LogP contribution in [0.2, 0.25) is 0 Å². The third-order valence-corrected chi connectivity index (χ3v) is 8.56. The number of rotatable bonds is 3. The molecule has 0 unspecified atom stereocenters. The van der Waals surface area contributed by atoms with Gasteiger partial charge in [-0.2, -0.15) is 4.31 Å². The first-order valence-electron chi connectivity index (χ1n) is 11.2. The van der Waals surface area contributed by atoms with Crippen molar-refractivity contribution in [2.24, 2.45) is 5.92 Å². The third kappa shape index (κ3) is 3.86. The lowest BCUT2D eigenvalue weighted by atomic mass is 9.93. The number of hydrogen-bond acceptors (Lipinski definition) is 5. The second kappa shape index (κ2) is 8.41. The maximum absolute atomic E-state index is 13.8. The maximum atomic E-state index is 13.8. The molecule has 2 aromatic rings. The van der Waals surface area contributed by atoms with Gasteiger partial charge in [0.2, 0.25) is 15.9 Å². The summed E-state index contributed by atoms with van der Waals surface area (Å²) >= 11 is 0. The maximum Gasteiger partial charge on any atom is 0.244 e. The molecule has 0 spiro atoms. The Morgan fingerprint density at radius 1 is 0.969 bits per heavy atom. The van der Waals surface area contributed by atoms with Gasteiger partial charge in [0.25, 0.3) is 0 Å². The molecule has 1 fully saturated rings. The minimum Gasteiger partial charge on any atom is -0.486 e. The van der Waals surface area contributed by atoms with E-state index in [9.17, 15) is 13.2 Å². The first-order valence-corrected chi connectivity index (χ1v) is 12.6. The number of likely N-dealkylation sites (tertiary alicyclic amines) is 1. The predicted molar refractivity (Wildman–Crippen MR) is 119 cm³/mol. The van der Waals surface area contributed by atoms with E-state index in [4.69, 9.17) is 9.47 Å². The van der Waals surface area contributed by atoms with Crippen molar-refractivity contribution in [3.63, 3.8) is 0 Å². The molecule has 0 bridgehead atoms. The Morgan fingerprint density at radius 3 is 2.41 bits per heavy atom. The van der Waals surface area contributed by atoms with Crippen LogP contribution in [0.4, 0.5) is 0 Å². The molecule has 1 saturated heterocycles. The van der Waals surface area contributed by atoms with E-state index in [0.717, 1.165) is 24.0 Å². The van der Waals surface area contributed by atoms with E-state index in [-0.39, 0.29) is 17.3 Å². The summed E-state index contributed by atoms with van der Waals surface area (Å²) in [5, 5.41) is 0. The number of fused-ring (bicyclic) bond motifs is 2. The van der Waals surface area contributed by atoms with E-state index in [1.165, 1.54) is 16.4 Å². The van der Waals surface area contributed by atoms with Crippen molar-refractivity contribution in [3.8, 4) is 11.5 Å². The minimum absolute atomic E-state index is 0.104. The summed E-state index contributed by atoms with van der Waals surface area (Å²) in [7, 11) is -3.93. The van der Waals surface area contributed by atoms with Crippen LogP contribution < -0.4 is 9.47 Å². The molecule has 3 aliphatic rings. The topological polar surface area (TPSA) is 76.2 Å². The Balaban J connectivity index is 1.51. The van der Waals surface area contributed by atoms with Crippen LogP contribution in [0, 0.1) is 5.92 Å². The molecule has 0 aliphatic carbocycles. The zero-order valence-electron chi connectivity index (χ0n) is 18.2. The van der Waals surface area contributed by atoms with Crippen LogP contribution in [0.1, 0.15) is 30.9 Å². The highest BCUT2D eigenvalue weighted by molar-refractivity contribution is 7.89. The number of carbonyl (C=O) groups excluding carboxylic acids is 1. The van der Waals surface area contributed by atoms with Gasteiger partial charge in [0.05, 0.1) is 4.90 Å². The standard InChI is InChI=1S/C24H28N2O5S/c1-17-8-10-25(11-9-17)24(27)21-14-18-4-2-3-5-19(18)16-26(21)32(28,29)20-6-7-22-23(15-20)31-13-12-30-22/h2-7,15,17,21H,8-14,16H2,1H3/t21-/m1/s1. The largest absolute Gasteiger partial charge is 0.486 e. The van der Waals surface area contributed by atoms with Crippen molar-refractivity contribution in [3.05, 3.63) is 53.6 Å². The second-order valence-electron chi connectivity index (χ2n) is 8.85. The summed E-state index contributed by atoms with van der Waals surface area (Å²) in [6.07, 6.45) is 2.28. The monoisotopic (exact) mass is 456 g/mol. The zero-order valence-corrected chi connectivity index (χ0v) is 19.0. The van der Waals surface area contributed by atoms with Gasteiger partial charge in [-0.15, -0.1) is 0 Å². The summed E-state index contributed by atoms with van der Waals surface area (Å²) in [5.74, 6) is 1.44. The molecular formula is C24H28N2O5S. The lowest BCUT2D eigenvalue weighted by Gasteiger charge is -2.39. The summed E-state index contributed by atoms with van der Waals surface area (Å²) in [5.41, 5.74) is 1.97. The number of amides is 1. The Kier molecular flexibility index (Phi) is 5.59. The molecule has 3 heterocycles. The highest BCUT2D eigenvalue weighted by Gasteiger charge is 2.42. The smallest absolute Gasteiger partial charge is 0.244 e. The van der Waals surface area contributed by atoms with Crippen LogP contribution in [-0.4, -0.2) is 55.9 Å². The number of sulfonamides is 1. The molecule has 1 amide bonds. The van der Waals surface area contributed by atoms with E-state index < -0.39 is 16.1 Å².